The van der Waals surface area contributed by atoms with Gasteiger partial charge in [0.05, 0.1) is 0 Å². The van der Waals surface area contributed by atoms with Gasteiger partial charge in [0.2, 0.25) is 0 Å². The Kier molecular flexibility index (Phi) is 3.65. The third-order valence-corrected chi connectivity index (χ3v) is 3.82. The van der Waals surface area contributed by atoms with E-state index in [4.69, 9.17) is 10.2 Å². The summed E-state index contributed by atoms with van der Waals surface area (Å²) in [6, 6.07) is 0. The summed E-state index contributed by atoms with van der Waals surface area (Å²) in [6.07, 6.45) is 13.6. The number of fused-ring (bicyclic) bond motifs is 5. The van der Waals surface area contributed by atoms with Crippen molar-refractivity contribution in [3.05, 3.63) is 36.5 Å². The van der Waals surface area contributed by atoms with Crippen LogP contribution in [0.5, 0.6) is 0 Å². The molecule has 2 N–H and O–H groups in total. The quantitative estimate of drug-likeness (QED) is 0.579. The molecule has 96 valence electrons. The van der Waals surface area contributed by atoms with E-state index in [1.54, 1.807) is 0 Å². The van der Waals surface area contributed by atoms with Gasteiger partial charge < -0.3 is 10.2 Å². The molecule has 1 fully saturated rings. The van der Waals surface area contributed by atoms with Crippen LogP contribution in [0.1, 0.15) is 12.8 Å². The Labute approximate surface area is 105 Å². The standard InChI is InChI=1S/C10H12.C4H4O4/c1-2-9-7-4-5-8(6-7)10(9)3-1;5-3(6)1-2-4(7)8/h1-2,4-5,7-10H,3,6H2;1-2H,(H,5,6)(H,7,8)/b;2-1+. The molecule has 0 saturated heterocycles. The highest BCUT2D eigenvalue weighted by atomic mass is 16.4. The molecule has 4 atom stereocenters. The van der Waals surface area contributed by atoms with Crippen molar-refractivity contribution in [2.45, 2.75) is 12.8 Å². The number of carboxylic acid groups (broad SMARTS) is 2. The fraction of sp³-hybridized carbons (Fsp3) is 0.429. The maximum atomic E-state index is 9.55. The van der Waals surface area contributed by atoms with Crippen molar-refractivity contribution < 1.29 is 19.8 Å². The summed E-state index contributed by atoms with van der Waals surface area (Å²) >= 11 is 0. The molecule has 2 bridgehead atoms. The molecule has 0 radical (unpaired) electrons. The van der Waals surface area contributed by atoms with Crippen molar-refractivity contribution in [1.29, 1.82) is 0 Å². The molecule has 3 aliphatic rings. The maximum absolute atomic E-state index is 9.55. The SMILES string of the molecule is C1=CC2C3C=CC(C3)C2C1.O=C(O)/C=C/C(=O)O. The predicted octanol–water partition coefficient (Wildman–Crippen LogP) is 2.10. The van der Waals surface area contributed by atoms with E-state index < -0.39 is 11.9 Å². The van der Waals surface area contributed by atoms with Crippen LogP contribution in [-0.4, -0.2) is 22.2 Å². The predicted molar refractivity (Wildman–Crippen MR) is 65.9 cm³/mol. The summed E-state index contributed by atoms with van der Waals surface area (Å²) in [5.74, 6) is 1.31. The van der Waals surface area contributed by atoms with Crippen LogP contribution in [-0.2, 0) is 9.59 Å². The lowest BCUT2D eigenvalue weighted by molar-refractivity contribution is -0.134. The fourth-order valence-electron chi connectivity index (χ4n) is 3.12. The summed E-state index contributed by atoms with van der Waals surface area (Å²) in [6.45, 7) is 0. The van der Waals surface area contributed by atoms with Gasteiger partial charge in [-0.15, -0.1) is 0 Å². The molecule has 0 aromatic rings. The van der Waals surface area contributed by atoms with E-state index in [-0.39, 0.29) is 0 Å². The number of carboxylic acids is 2. The molecular formula is C14H16O4. The van der Waals surface area contributed by atoms with Crippen LogP contribution in [0.3, 0.4) is 0 Å². The molecular weight excluding hydrogens is 232 g/mol. The van der Waals surface area contributed by atoms with E-state index in [0.29, 0.717) is 12.2 Å². The lowest BCUT2D eigenvalue weighted by Crippen LogP contribution is -2.12. The Morgan fingerprint density at radius 2 is 1.61 bits per heavy atom. The second-order valence-corrected chi connectivity index (χ2v) is 4.86. The Hall–Kier alpha value is -1.84. The minimum Gasteiger partial charge on any atom is -0.478 e. The number of carbonyl (C=O) groups is 2. The van der Waals surface area contributed by atoms with E-state index in [9.17, 15) is 9.59 Å². The third kappa shape index (κ3) is 2.70. The Balaban J connectivity index is 0.000000139. The molecule has 0 amide bonds. The van der Waals surface area contributed by atoms with Gasteiger partial charge >= 0.3 is 11.9 Å². The molecule has 18 heavy (non-hydrogen) atoms. The monoisotopic (exact) mass is 248 g/mol. The maximum Gasteiger partial charge on any atom is 0.328 e. The molecule has 0 aromatic carbocycles. The van der Waals surface area contributed by atoms with Crippen molar-refractivity contribution in [2.24, 2.45) is 23.7 Å². The summed E-state index contributed by atoms with van der Waals surface area (Å²) < 4.78 is 0. The number of hydrogen-bond acceptors (Lipinski definition) is 2. The molecule has 3 aliphatic carbocycles. The van der Waals surface area contributed by atoms with Gasteiger partial charge in [0.25, 0.3) is 0 Å². The molecule has 4 nitrogen and oxygen atoms in total. The zero-order chi connectivity index (χ0) is 13.1. The second-order valence-electron chi connectivity index (χ2n) is 4.86. The molecule has 0 heterocycles. The number of aliphatic carboxylic acids is 2. The van der Waals surface area contributed by atoms with Gasteiger partial charge in [-0.3, -0.25) is 0 Å². The number of rotatable bonds is 2. The van der Waals surface area contributed by atoms with E-state index in [1.165, 1.54) is 12.8 Å². The highest BCUT2D eigenvalue weighted by molar-refractivity contribution is 5.89. The van der Waals surface area contributed by atoms with Crippen molar-refractivity contribution in [1.82, 2.24) is 0 Å². The molecule has 3 rings (SSSR count). The van der Waals surface area contributed by atoms with Gasteiger partial charge in [0.15, 0.2) is 0 Å². The van der Waals surface area contributed by atoms with Gasteiger partial charge in [-0.05, 0) is 36.5 Å². The van der Waals surface area contributed by atoms with Crippen LogP contribution in [0.2, 0.25) is 0 Å². The molecule has 4 unspecified atom stereocenters. The van der Waals surface area contributed by atoms with Crippen molar-refractivity contribution >= 4 is 11.9 Å². The van der Waals surface area contributed by atoms with Gasteiger partial charge in [0.1, 0.15) is 0 Å². The van der Waals surface area contributed by atoms with Crippen molar-refractivity contribution in [3.63, 3.8) is 0 Å². The van der Waals surface area contributed by atoms with E-state index in [2.05, 4.69) is 24.3 Å². The minimum atomic E-state index is -1.26. The number of hydrogen-bond donors (Lipinski definition) is 2. The second kappa shape index (κ2) is 5.21. The van der Waals surface area contributed by atoms with E-state index in [1.807, 2.05) is 0 Å². The largest absolute Gasteiger partial charge is 0.478 e. The van der Waals surface area contributed by atoms with Crippen molar-refractivity contribution in [3.8, 4) is 0 Å². The van der Waals surface area contributed by atoms with Gasteiger partial charge in [-0.2, -0.15) is 0 Å². The van der Waals surface area contributed by atoms with Crippen LogP contribution >= 0.6 is 0 Å². The van der Waals surface area contributed by atoms with E-state index in [0.717, 1.165) is 23.7 Å². The lowest BCUT2D eigenvalue weighted by atomic mass is 9.86. The average molecular weight is 248 g/mol. The van der Waals surface area contributed by atoms with Crippen LogP contribution < -0.4 is 0 Å². The first-order valence-corrected chi connectivity index (χ1v) is 6.07. The van der Waals surface area contributed by atoms with Crippen LogP contribution in [0, 0.1) is 23.7 Å². The highest BCUT2D eigenvalue weighted by Crippen LogP contribution is 2.52. The lowest BCUT2D eigenvalue weighted by Gasteiger charge is -2.18. The number of allylic oxidation sites excluding steroid dienone is 4. The smallest absolute Gasteiger partial charge is 0.328 e. The summed E-state index contributed by atoms with van der Waals surface area (Å²) in [5.41, 5.74) is 0. The van der Waals surface area contributed by atoms with E-state index >= 15 is 0 Å². The third-order valence-electron chi connectivity index (χ3n) is 3.82. The molecule has 1 saturated carbocycles. The first kappa shape index (κ1) is 12.6. The first-order valence-electron chi connectivity index (χ1n) is 6.07. The summed E-state index contributed by atoms with van der Waals surface area (Å²) in [5, 5.41) is 15.6. The van der Waals surface area contributed by atoms with Crippen LogP contribution in [0.25, 0.3) is 0 Å². The Bertz CT molecular complexity index is 417. The Morgan fingerprint density at radius 3 is 2.17 bits per heavy atom. The van der Waals surface area contributed by atoms with Crippen molar-refractivity contribution in [2.75, 3.05) is 0 Å². The van der Waals surface area contributed by atoms with Gasteiger partial charge in [-0.25, -0.2) is 9.59 Å². The molecule has 0 aliphatic heterocycles. The summed E-state index contributed by atoms with van der Waals surface area (Å²) in [4.78, 5) is 19.1. The summed E-state index contributed by atoms with van der Waals surface area (Å²) in [7, 11) is 0. The minimum absolute atomic E-state index is 0.558. The average Bonchev–Trinajstić information content (AvgIpc) is 2.99. The molecule has 4 heteroatoms. The van der Waals surface area contributed by atoms with Gasteiger partial charge in [-0.1, -0.05) is 24.3 Å². The van der Waals surface area contributed by atoms with Gasteiger partial charge in [0, 0.05) is 12.2 Å². The molecule has 0 spiro atoms. The zero-order valence-electron chi connectivity index (χ0n) is 9.90. The van der Waals surface area contributed by atoms with Crippen LogP contribution in [0.4, 0.5) is 0 Å². The Morgan fingerprint density at radius 1 is 1.00 bits per heavy atom. The normalized spacial score (nSPS) is 34.4. The fourth-order valence-corrected chi connectivity index (χ4v) is 3.12. The van der Waals surface area contributed by atoms with Crippen LogP contribution in [0.15, 0.2) is 36.5 Å². The topological polar surface area (TPSA) is 74.6 Å². The highest BCUT2D eigenvalue weighted by Gasteiger charge is 2.44. The molecule has 0 aromatic heterocycles. The zero-order valence-corrected chi connectivity index (χ0v) is 9.90. The first-order chi connectivity index (χ1) is 8.58.